The molecule has 5 nitrogen and oxygen atoms in total. The van der Waals surface area contributed by atoms with E-state index in [2.05, 4.69) is 51.8 Å². The maximum atomic E-state index is 12.3. The molecule has 132 valence electrons. The number of carbonyl (C=O) groups is 1. The van der Waals surface area contributed by atoms with Crippen molar-refractivity contribution >= 4 is 11.9 Å². The highest BCUT2D eigenvalue weighted by Gasteiger charge is 2.08. The van der Waals surface area contributed by atoms with Gasteiger partial charge in [0.15, 0.2) is 0 Å². The van der Waals surface area contributed by atoms with Crippen LogP contribution in [0.2, 0.25) is 0 Å². The van der Waals surface area contributed by atoms with Gasteiger partial charge in [-0.2, -0.15) is 0 Å². The molecule has 0 aliphatic rings. The van der Waals surface area contributed by atoms with Crippen molar-refractivity contribution in [1.29, 1.82) is 0 Å². The fraction of sp³-hybridized carbons (Fsp3) is 0.190. The van der Waals surface area contributed by atoms with E-state index in [9.17, 15) is 4.79 Å². The Bertz CT molecular complexity index is 873. The molecule has 5 heteroatoms. The van der Waals surface area contributed by atoms with Crippen LogP contribution >= 0.6 is 0 Å². The van der Waals surface area contributed by atoms with Gasteiger partial charge in [0.2, 0.25) is 5.95 Å². The number of benzene rings is 2. The maximum absolute atomic E-state index is 12.3. The average molecular weight is 346 g/mol. The topological polar surface area (TPSA) is 66.9 Å². The summed E-state index contributed by atoms with van der Waals surface area (Å²) in [5, 5.41) is 6.04. The largest absolute Gasteiger partial charge is 0.350 e. The second kappa shape index (κ2) is 8.25. The van der Waals surface area contributed by atoms with Gasteiger partial charge in [-0.1, -0.05) is 59.7 Å². The molecular formula is C21H22N4O. The normalized spacial score (nSPS) is 10.4. The van der Waals surface area contributed by atoms with Gasteiger partial charge in [-0.3, -0.25) is 4.79 Å². The van der Waals surface area contributed by atoms with E-state index in [1.165, 1.54) is 11.1 Å². The molecule has 0 fully saturated rings. The predicted octanol–water partition coefficient (Wildman–Crippen LogP) is 3.64. The van der Waals surface area contributed by atoms with Crippen molar-refractivity contribution in [3.05, 3.63) is 88.7 Å². The molecule has 0 aliphatic carbocycles. The minimum absolute atomic E-state index is 0.216. The van der Waals surface area contributed by atoms with E-state index in [1.54, 1.807) is 12.3 Å². The highest BCUT2D eigenvalue weighted by molar-refractivity contribution is 5.92. The van der Waals surface area contributed by atoms with Gasteiger partial charge < -0.3 is 10.6 Å². The van der Waals surface area contributed by atoms with E-state index >= 15 is 0 Å². The number of carbonyl (C=O) groups excluding carboxylic acids is 1. The van der Waals surface area contributed by atoms with Crippen molar-refractivity contribution < 1.29 is 4.79 Å². The summed E-state index contributed by atoms with van der Waals surface area (Å²) < 4.78 is 0. The first-order valence-electron chi connectivity index (χ1n) is 8.56. The second-order valence-corrected chi connectivity index (χ2v) is 6.27. The monoisotopic (exact) mass is 346 g/mol. The Morgan fingerprint density at radius 2 is 1.42 bits per heavy atom. The van der Waals surface area contributed by atoms with Crippen LogP contribution in [0.4, 0.5) is 5.95 Å². The van der Waals surface area contributed by atoms with Crippen LogP contribution in [-0.2, 0) is 13.1 Å². The number of nitrogens with zero attached hydrogens (tertiary/aromatic N) is 2. The summed E-state index contributed by atoms with van der Waals surface area (Å²) in [5.41, 5.74) is 4.94. The molecule has 26 heavy (non-hydrogen) atoms. The van der Waals surface area contributed by atoms with Crippen LogP contribution in [0.1, 0.15) is 32.7 Å². The van der Waals surface area contributed by atoms with Gasteiger partial charge in [-0.05, 0) is 31.0 Å². The second-order valence-electron chi connectivity index (χ2n) is 6.27. The fourth-order valence-electron chi connectivity index (χ4n) is 2.44. The van der Waals surface area contributed by atoms with Crippen molar-refractivity contribution in [2.75, 3.05) is 5.32 Å². The van der Waals surface area contributed by atoms with Crippen LogP contribution in [0.15, 0.2) is 60.8 Å². The van der Waals surface area contributed by atoms with E-state index in [4.69, 9.17) is 0 Å². The summed E-state index contributed by atoms with van der Waals surface area (Å²) in [4.78, 5) is 20.8. The molecular weight excluding hydrogens is 324 g/mol. The first-order chi connectivity index (χ1) is 12.6. The summed E-state index contributed by atoms with van der Waals surface area (Å²) in [6, 6.07) is 17.9. The van der Waals surface area contributed by atoms with Gasteiger partial charge in [0, 0.05) is 19.3 Å². The molecule has 1 amide bonds. The zero-order valence-electron chi connectivity index (χ0n) is 15.0. The van der Waals surface area contributed by atoms with E-state index in [1.807, 2.05) is 31.2 Å². The van der Waals surface area contributed by atoms with E-state index in [-0.39, 0.29) is 5.91 Å². The van der Waals surface area contributed by atoms with E-state index in [0.29, 0.717) is 24.7 Å². The summed E-state index contributed by atoms with van der Waals surface area (Å²) in [6.07, 6.45) is 1.59. The lowest BCUT2D eigenvalue weighted by Gasteiger charge is -2.08. The number of hydrogen-bond acceptors (Lipinski definition) is 4. The standard InChI is InChI=1S/C21H22N4O/c1-15-3-7-17(8-4-15)13-23-20(26)19-11-12-22-21(25-19)24-14-18-9-5-16(2)6-10-18/h3-12H,13-14H2,1-2H3,(H,23,26)(H,22,24,25). The summed E-state index contributed by atoms with van der Waals surface area (Å²) in [7, 11) is 0. The molecule has 0 bridgehead atoms. The third-order valence-corrected chi connectivity index (χ3v) is 4.03. The van der Waals surface area contributed by atoms with Crippen LogP contribution in [0.3, 0.4) is 0 Å². The zero-order valence-corrected chi connectivity index (χ0v) is 15.0. The molecule has 1 aromatic heterocycles. The Morgan fingerprint density at radius 3 is 2.04 bits per heavy atom. The number of anilines is 1. The van der Waals surface area contributed by atoms with Gasteiger partial charge in [0.05, 0.1) is 0 Å². The quantitative estimate of drug-likeness (QED) is 0.715. The predicted molar refractivity (Wildman–Crippen MR) is 103 cm³/mol. The molecule has 2 N–H and O–H groups in total. The SMILES string of the molecule is Cc1ccc(CNC(=O)c2ccnc(NCc3ccc(C)cc3)n2)cc1. The number of aromatic nitrogens is 2. The van der Waals surface area contributed by atoms with Crippen molar-refractivity contribution in [3.8, 4) is 0 Å². The summed E-state index contributed by atoms with van der Waals surface area (Å²) in [5.74, 6) is 0.222. The maximum Gasteiger partial charge on any atom is 0.270 e. The van der Waals surface area contributed by atoms with Gasteiger partial charge in [-0.25, -0.2) is 9.97 Å². The van der Waals surface area contributed by atoms with E-state index < -0.39 is 0 Å². The zero-order chi connectivity index (χ0) is 18.4. The average Bonchev–Trinajstić information content (AvgIpc) is 2.67. The fourth-order valence-corrected chi connectivity index (χ4v) is 2.44. The van der Waals surface area contributed by atoms with Gasteiger partial charge >= 0.3 is 0 Å². The third kappa shape index (κ3) is 4.89. The number of amides is 1. The van der Waals surface area contributed by atoms with Crippen molar-refractivity contribution in [1.82, 2.24) is 15.3 Å². The van der Waals surface area contributed by atoms with Gasteiger partial charge in [0.1, 0.15) is 5.69 Å². The minimum atomic E-state index is -0.216. The van der Waals surface area contributed by atoms with Crippen molar-refractivity contribution in [3.63, 3.8) is 0 Å². The Morgan fingerprint density at radius 1 is 0.846 bits per heavy atom. The molecule has 3 rings (SSSR count). The molecule has 0 unspecified atom stereocenters. The minimum Gasteiger partial charge on any atom is -0.350 e. The van der Waals surface area contributed by atoms with Crippen LogP contribution in [0.25, 0.3) is 0 Å². The van der Waals surface area contributed by atoms with Crippen LogP contribution in [0.5, 0.6) is 0 Å². The number of aryl methyl sites for hydroxylation is 2. The summed E-state index contributed by atoms with van der Waals surface area (Å²) in [6.45, 7) is 5.16. The molecule has 0 radical (unpaired) electrons. The molecule has 0 saturated carbocycles. The lowest BCUT2D eigenvalue weighted by molar-refractivity contribution is 0.0946. The molecule has 0 spiro atoms. The van der Waals surface area contributed by atoms with Crippen LogP contribution < -0.4 is 10.6 Å². The molecule has 0 aliphatic heterocycles. The molecule has 2 aromatic carbocycles. The Labute approximate surface area is 153 Å². The smallest absolute Gasteiger partial charge is 0.270 e. The number of rotatable bonds is 6. The Balaban J connectivity index is 1.58. The molecule has 3 aromatic rings. The van der Waals surface area contributed by atoms with E-state index in [0.717, 1.165) is 11.1 Å². The van der Waals surface area contributed by atoms with Crippen LogP contribution in [0, 0.1) is 13.8 Å². The summed E-state index contributed by atoms with van der Waals surface area (Å²) >= 11 is 0. The lowest BCUT2D eigenvalue weighted by Crippen LogP contribution is -2.24. The van der Waals surface area contributed by atoms with Crippen LogP contribution in [-0.4, -0.2) is 15.9 Å². The highest BCUT2D eigenvalue weighted by atomic mass is 16.1. The van der Waals surface area contributed by atoms with Gasteiger partial charge in [0.25, 0.3) is 5.91 Å². The Kier molecular flexibility index (Phi) is 5.59. The molecule has 1 heterocycles. The number of nitrogens with one attached hydrogen (secondary N) is 2. The number of hydrogen-bond donors (Lipinski definition) is 2. The first-order valence-corrected chi connectivity index (χ1v) is 8.56. The first kappa shape index (κ1) is 17.6. The Hall–Kier alpha value is -3.21. The lowest BCUT2D eigenvalue weighted by atomic mass is 10.1. The molecule has 0 saturated heterocycles. The highest BCUT2D eigenvalue weighted by Crippen LogP contribution is 2.07. The third-order valence-electron chi connectivity index (χ3n) is 4.03. The molecule has 0 atom stereocenters. The van der Waals surface area contributed by atoms with Crippen molar-refractivity contribution in [2.45, 2.75) is 26.9 Å². The van der Waals surface area contributed by atoms with Crippen molar-refractivity contribution in [2.24, 2.45) is 0 Å². The van der Waals surface area contributed by atoms with Gasteiger partial charge in [-0.15, -0.1) is 0 Å².